The third kappa shape index (κ3) is 4.82. The van der Waals surface area contributed by atoms with E-state index in [9.17, 15) is 9.59 Å². The van der Waals surface area contributed by atoms with Crippen LogP contribution < -0.4 is 19.7 Å². The Morgan fingerprint density at radius 1 is 1.18 bits per heavy atom. The monoisotopic (exact) mass is 382 g/mol. The molecule has 3 rings (SSSR count). The number of fused-ring (bicyclic) bond motifs is 1. The second-order valence-corrected chi connectivity index (χ2v) is 6.79. The highest BCUT2D eigenvalue weighted by Gasteiger charge is 2.31. The van der Waals surface area contributed by atoms with Gasteiger partial charge in [-0.3, -0.25) is 9.59 Å². The Kier molecular flexibility index (Phi) is 6.53. The van der Waals surface area contributed by atoms with Crippen LogP contribution in [0.3, 0.4) is 0 Å². The van der Waals surface area contributed by atoms with Gasteiger partial charge in [0.25, 0.3) is 11.8 Å². The summed E-state index contributed by atoms with van der Waals surface area (Å²) in [6, 6.07) is 14.5. The maximum absolute atomic E-state index is 12.6. The minimum Gasteiger partial charge on any atom is -0.484 e. The molecule has 1 aliphatic heterocycles. The Bertz CT molecular complexity index is 823. The average molecular weight is 382 g/mol. The zero-order chi connectivity index (χ0) is 19.9. The number of carbonyl (C=O) groups excluding carboxylic acids is 2. The number of ether oxygens (including phenoxy) is 2. The predicted molar refractivity (Wildman–Crippen MR) is 109 cm³/mol. The largest absolute Gasteiger partial charge is 0.484 e. The molecule has 6 nitrogen and oxygen atoms in total. The van der Waals surface area contributed by atoms with Gasteiger partial charge in [0.2, 0.25) is 0 Å². The lowest BCUT2D eigenvalue weighted by molar-refractivity contribution is -0.125. The molecular formula is C22H26N2O4. The van der Waals surface area contributed by atoms with E-state index in [-0.39, 0.29) is 18.4 Å². The molecular weight excluding hydrogens is 356 g/mol. The number of unbranched alkanes of at least 4 members (excludes halogenated alkanes) is 2. The molecule has 1 heterocycles. The fourth-order valence-corrected chi connectivity index (χ4v) is 3.10. The molecule has 6 heteroatoms. The standard InChI is InChI=1S/C22H26N2O4/c1-3-4-8-13-24-19-14-17(11-12-20(19)28-16(2)22(24)26)23-21(25)15-27-18-9-6-5-7-10-18/h5-7,9-12,14,16H,3-4,8,13,15H2,1-2H3,(H,23,25). The van der Waals surface area contributed by atoms with E-state index in [1.54, 1.807) is 42.2 Å². The van der Waals surface area contributed by atoms with Crippen molar-refractivity contribution in [1.82, 2.24) is 0 Å². The van der Waals surface area contributed by atoms with Crippen LogP contribution >= 0.6 is 0 Å². The number of amides is 2. The number of nitrogens with one attached hydrogen (secondary N) is 1. The first-order chi connectivity index (χ1) is 13.6. The summed E-state index contributed by atoms with van der Waals surface area (Å²) < 4.78 is 11.2. The van der Waals surface area contributed by atoms with Crippen molar-refractivity contribution in [3.8, 4) is 11.5 Å². The van der Waals surface area contributed by atoms with E-state index in [0.29, 0.717) is 29.4 Å². The highest BCUT2D eigenvalue weighted by atomic mass is 16.5. The summed E-state index contributed by atoms with van der Waals surface area (Å²) in [7, 11) is 0. The first-order valence-corrected chi connectivity index (χ1v) is 9.68. The van der Waals surface area contributed by atoms with E-state index < -0.39 is 6.10 Å². The molecule has 0 radical (unpaired) electrons. The van der Waals surface area contributed by atoms with Crippen LogP contribution in [0.5, 0.6) is 11.5 Å². The van der Waals surface area contributed by atoms with Gasteiger partial charge >= 0.3 is 0 Å². The number of rotatable bonds is 8. The molecule has 2 amide bonds. The summed E-state index contributed by atoms with van der Waals surface area (Å²) in [4.78, 5) is 26.5. The van der Waals surface area contributed by atoms with Gasteiger partial charge in [0, 0.05) is 12.2 Å². The Hall–Kier alpha value is -3.02. The molecule has 0 bridgehead atoms. The highest BCUT2D eigenvalue weighted by Crippen LogP contribution is 2.36. The third-order valence-electron chi connectivity index (χ3n) is 4.55. The van der Waals surface area contributed by atoms with Crippen LogP contribution in [0, 0.1) is 0 Å². The van der Waals surface area contributed by atoms with E-state index in [2.05, 4.69) is 12.2 Å². The molecule has 1 atom stereocenters. The number of hydrogen-bond acceptors (Lipinski definition) is 4. The van der Waals surface area contributed by atoms with Crippen LogP contribution in [0.1, 0.15) is 33.1 Å². The van der Waals surface area contributed by atoms with Crippen LogP contribution in [0.25, 0.3) is 0 Å². The van der Waals surface area contributed by atoms with Gasteiger partial charge in [0.15, 0.2) is 12.7 Å². The van der Waals surface area contributed by atoms with Crippen molar-refractivity contribution in [3.63, 3.8) is 0 Å². The fourth-order valence-electron chi connectivity index (χ4n) is 3.10. The van der Waals surface area contributed by atoms with Gasteiger partial charge in [0.1, 0.15) is 11.5 Å². The van der Waals surface area contributed by atoms with Crippen LogP contribution in [0.15, 0.2) is 48.5 Å². The number of nitrogens with zero attached hydrogens (tertiary/aromatic N) is 1. The number of benzene rings is 2. The summed E-state index contributed by atoms with van der Waals surface area (Å²) in [6.45, 7) is 4.44. The summed E-state index contributed by atoms with van der Waals surface area (Å²) in [5, 5.41) is 2.82. The highest BCUT2D eigenvalue weighted by molar-refractivity contribution is 6.01. The lowest BCUT2D eigenvalue weighted by Crippen LogP contribution is -2.44. The zero-order valence-corrected chi connectivity index (χ0v) is 16.3. The van der Waals surface area contributed by atoms with Crippen molar-refractivity contribution < 1.29 is 19.1 Å². The first kappa shape index (κ1) is 19.7. The Labute approximate surface area is 165 Å². The van der Waals surface area contributed by atoms with E-state index in [1.165, 1.54) is 0 Å². The number of hydrogen-bond donors (Lipinski definition) is 1. The van der Waals surface area contributed by atoms with Gasteiger partial charge in [-0.15, -0.1) is 0 Å². The van der Waals surface area contributed by atoms with E-state index in [1.807, 2.05) is 18.2 Å². The van der Waals surface area contributed by atoms with Gasteiger partial charge < -0.3 is 19.7 Å². The maximum Gasteiger partial charge on any atom is 0.267 e. The molecule has 0 saturated carbocycles. The molecule has 1 N–H and O–H groups in total. The minimum absolute atomic E-state index is 0.0560. The quantitative estimate of drug-likeness (QED) is 0.701. The molecule has 2 aromatic carbocycles. The van der Waals surface area contributed by atoms with Gasteiger partial charge in [0.05, 0.1) is 5.69 Å². The number of carbonyl (C=O) groups is 2. The lowest BCUT2D eigenvalue weighted by Gasteiger charge is -2.33. The van der Waals surface area contributed by atoms with Gasteiger partial charge in [-0.25, -0.2) is 0 Å². The van der Waals surface area contributed by atoms with Crippen molar-refractivity contribution in [2.24, 2.45) is 0 Å². The Balaban J connectivity index is 1.68. The summed E-state index contributed by atoms with van der Waals surface area (Å²) >= 11 is 0. The van der Waals surface area contributed by atoms with Crippen molar-refractivity contribution in [3.05, 3.63) is 48.5 Å². The molecule has 2 aromatic rings. The van der Waals surface area contributed by atoms with Crippen molar-refractivity contribution in [2.45, 2.75) is 39.2 Å². The predicted octanol–water partition coefficient (Wildman–Crippen LogP) is 4.01. The molecule has 0 fully saturated rings. The summed E-state index contributed by atoms with van der Waals surface area (Å²) in [5.74, 6) is 0.970. The lowest BCUT2D eigenvalue weighted by atomic mass is 10.1. The SMILES string of the molecule is CCCCCN1C(=O)C(C)Oc2ccc(NC(=O)COc3ccccc3)cc21. The summed E-state index contributed by atoms with van der Waals surface area (Å²) in [6.07, 6.45) is 2.56. The average Bonchev–Trinajstić information content (AvgIpc) is 2.70. The van der Waals surface area contributed by atoms with E-state index >= 15 is 0 Å². The topological polar surface area (TPSA) is 67.9 Å². The van der Waals surface area contributed by atoms with Gasteiger partial charge in [-0.1, -0.05) is 38.0 Å². The van der Waals surface area contributed by atoms with Gasteiger partial charge in [-0.2, -0.15) is 0 Å². The molecule has 0 spiro atoms. The second kappa shape index (κ2) is 9.26. The van der Waals surface area contributed by atoms with Crippen molar-refractivity contribution in [1.29, 1.82) is 0 Å². The van der Waals surface area contributed by atoms with Crippen molar-refractivity contribution in [2.75, 3.05) is 23.4 Å². The molecule has 148 valence electrons. The van der Waals surface area contributed by atoms with E-state index in [0.717, 1.165) is 19.3 Å². The minimum atomic E-state index is -0.506. The molecule has 0 aromatic heterocycles. The van der Waals surface area contributed by atoms with Crippen molar-refractivity contribution >= 4 is 23.2 Å². The molecule has 0 saturated heterocycles. The molecule has 28 heavy (non-hydrogen) atoms. The summed E-state index contributed by atoms with van der Waals surface area (Å²) in [5.41, 5.74) is 1.30. The molecule has 1 unspecified atom stereocenters. The third-order valence-corrected chi connectivity index (χ3v) is 4.55. The van der Waals surface area contributed by atoms with Crippen LogP contribution in [-0.2, 0) is 9.59 Å². The van der Waals surface area contributed by atoms with Gasteiger partial charge in [-0.05, 0) is 43.7 Å². The van der Waals surface area contributed by atoms with Crippen LogP contribution in [0.4, 0.5) is 11.4 Å². The van der Waals surface area contributed by atoms with Crippen LogP contribution in [0.2, 0.25) is 0 Å². The fraction of sp³-hybridized carbons (Fsp3) is 0.364. The Morgan fingerprint density at radius 2 is 1.96 bits per heavy atom. The smallest absolute Gasteiger partial charge is 0.267 e. The molecule has 1 aliphatic rings. The number of para-hydroxylation sites is 1. The molecule has 0 aliphatic carbocycles. The normalized spacial score (nSPS) is 15.6. The first-order valence-electron chi connectivity index (χ1n) is 9.68. The van der Waals surface area contributed by atoms with Crippen LogP contribution in [-0.4, -0.2) is 31.1 Å². The maximum atomic E-state index is 12.6. The second-order valence-electron chi connectivity index (χ2n) is 6.79. The van der Waals surface area contributed by atoms with E-state index in [4.69, 9.17) is 9.47 Å². The number of anilines is 2. The Morgan fingerprint density at radius 3 is 2.71 bits per heavy atom. The zero-order valence-electron chi connectivity index (χ0n) is 16.3.